The quantitative estimate of drug-likeness (QED) is 0.314. The van der Waals surface area contributed by atoms with Crippen molar-refractivity contribution in [2.24, 2.45) is 0 Å². The molecule has 0 spiro atoms. The molecule has 9 heteroatoms. The minimum absolute atomic E-state index is 0.173. The number of benzene rings is 1. The molecule has 1 fully saturated rings. The summed E-state index contributed by atoms with van der Waals surface area (Å²) in [6.45, 7) is 1.99. The predicted molar refractivity (Wildman–Crippen MR) is 79.3 cm³/mol. The van der Waals surface area contributed by atoms with Crippen molar-refractivity contribution >= 4 is 27.8 Å². The zero-order chi connectivity index (χ0) is 17.4. The molecule has 0 bridgehead atoms. The van der Waals surface area contributed by atoms with Crippen LogP contribution < -0.4 is 0 Å². The number of hydrogen-bond acceptors (Lipinski definition) is 0. The van der Waals surface area contributed by atoms with E-state index in [-0.39, 0.29) is 5.92 Å². The van der Waals surface area contributed by atoms with Crippen molar-refractivity contribution in [3.63, 3.8) is 0 Å². The lowest BCUT2D eigenvalue weighted by Crippen LogP contribution is -2.02. The van der Waals surface area contributed by atoms with Crippen molar-refractivity contribution in [1.82, 2.24) is 0 Å². The molecule has 2 aromatic rings. The standard InChI is InChI=1S/C14H14F3S.BF4/c1-2-9-4-3-5-12-11(9)8-13(10-6-7-10)18(12)14(15,16)17;2-1(3,4)5/h3-5,8,10H,2,6-7H2,1H3;/q+1;-1. The van der Waals surface area contributed by atoms with Gasteiger partial charge in [0.05, 0.1) is 10.5 Å². The van der Waals surface area contributed by atoms with Crippen LogP contribution in [0, 0.1) is 0 Å². The van der Waals surface area contributed by atoms with Gasteiger partial charge in [0.1, 0.15) is 0 Å². The van der Waals surface area contributed by atoms with Crippen LogP contribution in [0.5, 0.6) is 0 Å². The van der Waals surface area contributed by atoms with Crippen LogP contribution in [0.15, 0.2) is 24.3 Å². The first-order chi connectivity index (χ1) is 10.5. The van der Waals surface area contributed by atoms with Gasteiger partial charge in [-0.05, 0) is 30.9 Å². The van der Waals surface area contributed by atoms with E-state index in [2.05, 4.69) is 0 Å². The highest BCUT2D eigenvalue weighted by Crippen LogP contribution is 2.58. The zero-order valence-corrected chi connectivity index (χ0v) is 13.0. The maximum absolute atomic E-state index is 13.3. The Bertz CT molecular complexity index is 677. The minimum Gasteiger partial charge on any atom is -0.418 e. The van der Waals surface area contributed by atoms with Gasteiger partial charge in [0, 0.05) is 17.4 Å². The third kappa shape index (κ3) is 4.62. The first-order valence-corrected chi connectivity index (χ1v) is 8.26. The molecule has 0 N–H and O–H groups in total. The van der Waals surface area contributed by atoms with Gasteiger partial charge in [0.2, 0.25) is 0 Å². The summed E-state index contributed by atoms with van der Waals surface area (Å²) < 4.78 is 79.3. The number of halogens is 7. The van der Waals surface area contributed by atoms with Crippen molar-refractivity contribution in [2.45, 2.75) is 37.6 Å². The van der Waals surface area contributed by atoms with Crippen LogP contribution in [0.3, 0.4) is 0 Å². The average Bonchev–Trinajstić information content (AvgIpc) is 3.14. The minimum atomic E-state index is -6.00. The van der Waals surface area contributed by atoms with Crippen molar-refractivity contribution in [2.75, 3.05) is 0 Å². The average molecular weight is 358 g/mol. The molecular formula is C14H14BF7S. The summed E-state index contributed by atoms with van der Waals surface area (Å²) in [6.07, 6.45) is 2.62. The van der Waals surface area contributed by atoms with Gasteiger partial charge in [0.25, 0.3) is 0 Å². The molecule has 23 heavy (non-hydrogen) atoms. The van der Waals surface area contributed by atoms with Gasteiger partial charge < -0.3 is 17.3 Å². The van der Waals surface area contributed by atoms with Crippen LogP contribution >= 0.6 is 10.5 Å². The second-order valence-corrected chi connectivity index (χ2v) is 7.24. The van der Waals surface area contributed by atoms with E-state index < -0.39 is 23.2 Å². The SMILES string of the molecule is CCc1cccc2c1cc(C1CC1)[s+]2C(F)(F)F.F[B-](F)(F)F. The molecule has 3 rings (SSSR count). The molecule has 1 aliphatic rings. The summed E-state index contributed by atoms with van der Waals surface area (Å²) in [4.78, 5) is 0.624. The molecule has 0 amide bonds. The summed E-state index contributed by atoms with van der Waals surface area (Å²) in [5, 5.41) is 0.836. The normalized spacial score (nSPS) is 16.3. The number of hydrogen-bond donors (Lipinski definition) is 0. The van der Waals surface area contributed by atoms with Gasteiger partial charge in [-0.3, -0.25) is 0 Å². The number of thiophene rings is 1. The van der Waals surface area contributed by atoms with Crippen LogP contribution in [-0.4, -0.2) is 7.25 Å². The van der Waals surface area contributed by atoms with Crippen LogP contribution in [0.1, 0.15) is 36.1 Å². The highest BCUT2D eigenvalue weighted by molar-refractivity contribution is 7.38. The van der Waals surface area contributed by atoms with E-state index >= 15 is 0 Å². The van der Waals surface area contributed by atoms with E-state index in [1.807, 2.05) is 19.1 Å². The predicted octanol–water partition coefficient (Wildman–Crippen LogP) is 6.81. The first-order valence-electron chi connectivity index (χ1n) is 7.04. The monoisotopic (exact) mass is 358 g/mol. The van der Waals surface area contributed by atoms with Gasteiger partial charge in [-0.25, -0.2) is 0 Å². The number of alkyl halides is 3. The largest absolute Gasteiger partial charge is 0.673 e. The van der Waals surface area contributed by atoms with Crippen LogP contribution in [0.4, 0.5) is 30.4 Å². The first kappa shape index (κ1) is 18.1. The molecule has 1 heterocycles. The molecular weight excluding hydrogens is 344 g/mol. The van der Waals surface area contributed by atoms with E-state index in [0.717, 1.165) is 30.2 Å². The lowest BCUT2D eigenvalue weighted by atomic mass is 10.1. The Balaban J connectivity index is 0.000000338. The topological polar surface area (TPSA) is 0 Å². The highest BCUT2D eigenvalue weighted by atomic mass is 32.2. The Kier molecular flexibility index (Phi) is 4.99. The third-order valence-electron chi connectivity index (χ3n) is 3.49. The van der Waals surface area contributed by atoms with E-state index in [1.165, 1.54) is 0 Å². The van der Waals surface area contributed by atoms with Crippen molar-refractivity contribution in [3.8, 4) is 0 Å². The molecule has 1 aromatic heterocycles. The van der Waals surface area contributed by atoms with Crippen molar-refractivity contribution in [1.29, 1.82) is 0 Å². The van der Waals surface area contributed by atoms with Crippen molar-refractivity contribution < 1.29 is 30.4 Å². The molecule has 1 saturated carbocycles. The Hall–Kier alpha value is -1.25. The van der Waals surface area contributed by atoms with Crippen LogP contribution in [-0.2, 0) is 11.9 Å². The summed E-state index contributed by atoms with van der Waals surface area (Å²) in [7, 11) is -7.68. The number of rotatable bonds is 2. The Morgan fingerprint density at radius 3 is 2.13 bits per heavy atom. The number of aryl methyl sites for hydroxylation is 1. The summed E-state index contributed by atoms with van der Waals surface area (Å²) in [5.41, 5.74) is -3.10. The van der Waals surface area contributed by atoms with Crippen molar-refractivity contribution in [3.05, 3.63) is 34.7 Å². The third-order valence-corrected chi connectivity index (χ3v) is 5.67. The van der Waals surface area contributed by atoms with E-state index in [1.54, 1.807) is 12.1 Å². The molecule has 0 nitrogen and oxygen atoms in total. The molecule has 0 saturated heterocycles. The van der Waals surface area contributed by atoms with Gasteiger partial charge in [-0.1, -0.05) is 19.1 Å². The summed E-state index contributed by atoms with van der Waals surface area (Å²) in [5.74, 6) is 0.173. The van der Waals surface area contributed by atoms with E-state index in [0.29, 0.717) is 9.58 Å². The van der Waals surface area contributed by atoms with E-state index in [4.69, 9.17) is 0 Å². The molecule has 1 atom stereocenters. The lowest BCUT2D eigenvalue weighted by molar-refractivity contribution is -0.0867. The zero-order valence-electron chi connectivity index (χ0n) is 12.1. The molecule has 0 aliphatic heterocycles. The summed E-state index contributed by atoms with van der Waals surface area (Å²) in [6, 6.07) is 7.16. The smallest absolute Gasteiger partial charge is 0.418 e. The van der Waals surface area contributed by atoms with Gasteiger partial charge >= 0.3 is 12.8 Å². The molecule has 128 valence electrons. The maximum atomic E-state index is 13.3. The van der Waals surface area contributed by atoms with Crippen LogP contribution in [0.2, 0.25) is 0 Å². The van der Waals surface area contributed by atoms with Gasteiger partial charge in [0.15, 0.2) is 9.58 Å². The Morgan fingerprint density at radius 2 is 1.70 bits per heavy atom. The molecule has 1 aliphatic carbocycles. The number of fused-ring (bicyclic) bond motifs is 1. The fourth-order valence-corrected chi connectivity index (χ4v) is 4.68. The van der Waals surface area contributed by atoms with Gasteiger partial charge in [-0.2, -0.15) is 0 Å². The molecule has 0 radical (unpaired) electrons. The fourth-order valence-electron chi connectivity index (χ4n) is 2.48. The molecule has 1 aromatic carbocycles. The van der Waals surface area contributed by atoms with Crippen LogP contribution in [0.25, 0.3) is 10.1 Å². The molecule has 1 unspecified atom stereocenters. The van der Waals surface area contributed by atoms with Gasteiger partial charge in [-0.15, -0.1) is 13.2 Å². The van der Waals surface area contributed by atoms with E-state index in [9.17, 15) is 30.4 Å². The summed E-state index contributed by atoms with van der Waals surface area (Å²) >= 11 is 0. The lowest BCUT2D eigenvalue weighted by Gasteiger charge is -1.99. The fraction of sp³-hybridized carbons (Fsp3) is 0.429. The second-order valence-electron chi connectivity index (χ2n) is 5.25. The Morgan fingerprint density at radius 1 is 1.13 bits per heavy atom. The Labute approximate surface area is 131 Å². The maximum Gasteiger partial charge on any atom is 0.673 e. The second kappa shape index (κ2) is 6.34. The highest BCUT2D eigenvalue weighted by Gasteiger charge is 2.51.